The first-order valence-corrected chi connectivity index (χ1v) is 10.4. The number of esters is 1. The Morgan fingerprint density at radius 1 is 1.00 bits per heavy atom. The second kappa shape index (κ2) is 8.05. The van der Waals surface area contributed by atoms with E-state index >= 15 is 0 Å². The van der Waals surface area contributed by atoms with Gasteiger partial charge in [0.15, 0.2) is 13.2 Å². The van der Waals surface area contributed by atoms with Crippen molar-refractivity contribution >= 4 is 17.9 Å². The molecule has 4 saturated carbocycles. The lowest BCUT2D eigenvalue weighted by molar-refractivity contribution is -0.150. The number of hydrogen-bond acceptors (Lipinski definition) is 5. The van der Waals surface area contributed by atoms with Crippen molar-refractivity contribution in [2.45, 2.75) is 51.0 Å². The number of imide groups is 1. The van der Waals surface area contributed by atoms with E-state index in [1.807, 2.05) is 25.1 Å². The summed E-state index contributed by atoms with van der Waals surface area (Å²) in [7, 11) is 0. The molecule has 2 N–H and O–H groups in total. The molecule has 0 saturated heterocycles. The Balaban J connectivity index is 1.18. The van der Waals surface area contributed by atoms with Crippen LogP contribution in [-0.2, 0) is 14.3 Å². The molecule has 0 aromatic heterocycles. The maximum Gasteiger partial charge on any atom is 0.344 e. The van der Waals surface area contributed by atoms with Crippen LogP contribution in [0.4, 0.5) is 4.79 Å². The number of ether oxygens (including phenoxy) is 2. The van der Waals surface area contributed by atoms with E-state index in [0.717, 1.165) is 24.8 Å². The van der Waals surface area contributed by atoms with Crippen LogP contribution < -0.4 is 15.4 Å². The molecule has 156 valence electrons. The highest BCUT2D eigenvalue weighted by Gasteiger charge is 2.51. The highest BCUT2D eigenvalue weighted by atomic mass is 16.6. The van der Waals surface area contributed by atoms with Crippen molar-refractivity contribution in [1.29, 1.82) is 0 Å². The minimum absolute atomic E-state index is 0.169. The highest BCUT2D eigenvalue weighted by molar-refractivity contribution is 5.95. The van der Waals surface area contributed by atoms with Crippen LogP contribution in [0.15, 0.2) is 24.3 Å². The molecular weight excluding hydrogens is 372 g/mol. The maximum atomic E-state index is 12.3. The minimum Gasteiger partial charge on any atom is -0.482 e. The summed E-state index contributed by atoms with van der Waals surface area (Å²) in [6.45, 7) is 1.07. The van der Waals surface area contributed by atoms with Crippen LogP contribution in [-0.4, -0.2) is 36.7 Å². The molecule has 0 unspecified atom stereocenters. The Morgan fingerprint density at radius 3 is 2.24 bits per heavy atom. The van der Waals surface area contributed by atoms with E-state index in [2.05, 4.69) is 10.6 Å². The van der Waals surface area contributed by atoms with Gasteiger partial charge in [0.2, 0.25) is 0 Å². The number of benzene rings is 1. The van der Waals surface area contributed by atoms with Gasteiger partial charge in [0.1, 0.15) is 5.75 Å². The topological polar surface area (TPSA) is 93.7 Å². The van der Waals surface area contributed by atoms with E-state index < -0.39 is 24.5 Å². The molecule has 0 spiro atoms. The number of carbonyl (C=O) groups excluding carboxylic acids is 3. The normalized spacial score (nSPS) is 29.2. The van der Waals surface area contributed by atoms with Crippen LogP contribution in [0, 0.1) is 24.7 Å². The molecule has 5 rings (SSSR count). The van der Waals surface area contributed by atoms with Crippen LogP contribution in [0.1, 0.15) is 44.1 Å². The van der Waals surface area contributed by atoms with Gasteiger partial charge in [0, 0.05) is 5.54 Å². The van der Waals surface area contributed by atoms with Crippen molar-refractivity contribution < 1.29 is 23.9 Å². The molecule has 7 nitrogen and oxygen atoms in total. The molecule has 0 aliphatic heterocycles. The predicted molar refractivity (Wildman–Crippen MR) is 105 cm³/mol. The van der Waals surface area contributed by atoms with Gasteiger partial charge < -0.3 is 14.8 Å². The van der Waals surface area contributed by atoms with Gasteiger partial charge in [0.25, 0.3) is 5.91 Å². The number of rotatable bonds is 6. The molecule has 4 aliphatic carbocycles. The number of amides is 3. The second-order valence-corrected chi connectivity index (χ2v) is 8.92. The summed E-state index contributed by atoms with van der Waals surface area (Å²) in [6, 6.07) is 6.81. The summed E-state index contributed by atoms with van der Waals surface area (Å²) < 4.78 is 10.3. The first kappa shape index (κ1) is 19.7. The smallest absolute Gasteiger partial charge is 0.344 e. The number of carbonyl (C=O) groups is 3. The molecule has 0 radical (unpaired) electrons. The minimum atomic E-state index is -0.662. The van der Waals surface area contributed by atoms with Gasteiger partial charge in [-0.05, 0) is 74.8 Å². The quantitative estimate of drug-likeness (QED) is 0.716. The van der Waals surface area contributed by atoms with Crippen LogP contribution >= 0.6 is 0 Å². The van der Waals surface area contributed by atoms with Crippen molar-refractivity contribution in [3.8, 4) is 5.75 Å². The Bertz CT molecular complexity index is 771. The Labute approximate surface area is 170 Å². The third kappa shape index (κ3) is 4.71. The average Bonchev–Trinajstić information content (AvgIpc) is 2.64. The van der Waals surface area contributed by atoms with E-state index in [0.29, 0.717) is 23.5 Å². The van der Waals surface area contributed by atoms with Crippen LogP contribution in [0.3, 0.4) is 0 Å². The van der Waals surface area contributed by atoms with E-state index in [4.69, 9.17) is 9.47 Å². The van der Waals surface area contributed by atoms with Gasteiger partial charge >= 0.3 is 12.0 Å². The first-order chi connectivity index (χ1) is 13.9. The van der Waals surface area contributed by atoms with Crippen LogP contribution in [0.5, 0.6) is 5.75 Å². The molecule has 29 heavy (non-hydrogen) atoms. The summed E-state index contributed by atoms with van der Waals surface area (Å²) in [5, 5.41) is 5.35. The van der Waals surface area contributed by atoms with E-state index in [9.17, 15) is 14.4 Å². The van der Waals surface area contributed by atoms with E-state index in [1.54, 1.807) is 6.07 Å². The van der Waals surface area contributed by atoms with E-state index in [-0.39, 0.29) is 12.1 Å². The number of hydrogen-bond donors (Lipinski definition) is 2. The van der Waals surface area contributed by atoms with E-state index in [1.165, 1.54) is 19.3 Å². The molecule has 1 aromatic carbocycles. The zero-order chi connectivity index (χ0) is 20.4. The summed E-state index contributed by atoms with van der Waals surface area (Å²) >= 11 is 0. The monoisotopic (exact) mass is 400 g/mol. The number of urea groups is 1. The second-order valence-electron chi connectivity index (χ2n) is 8.92. The SMILES string of the molecule is Cc1ccccc1OCC(=O)OCC(=O)NC(=O)NC12CC3CC(CC(C3)C1)C2. The average molecular weight is 400 g/mol. The molecular formula is C22H28N2O5. The van der Waals surface area contributed by atoms with Gasteiger partial charge in [-0.25, -0.2) is 9.59 Å². The number of aryl methyl sites for hydroxylation is 1. The van der Waals surface area contributed by atoms with Crippen molar-refractivity contribution in [2.75, 3.05) is 13.2 Å². The zero-order valence-electron chi connectivity index (χ0n) is 16.7. The molecule has 4 bridgehead atoms. The van der Waals surface area contributed by atoms with Crippen molar-refractivity contribution in [1.82, 2.24) is 10.6 Å². The number of para-hydroxylation sites is 1. The lowest BCUT2D eigenvalue weighted by Crippen LogP contribution is -2.62. The molecule has 0 atom stereocenters. The summed E-state index contributed by atoms with van der Waals surface area (Å²) in [5.74, 6) is 1.38. The molecule has 4 aliphatic rings. The largest absolute Gasteiger partial charge is 0.482 e. The third-order valence-corrected chi connectivity index (χ3v) is 6.47. The molecule has 7 heteroatoms. The summed E-state index contributed by atoms with van der Waals surface area (Å²) in [4.78, 5) is 36.1. The van der Waals surface area contributed by atoms with Crippen molar-refractivity contribution in [3.63, 3.8) is 0 Å². The van der Waals surface area contributed by atoms with Gasteiger partial charge in [-0.15, -0.1) is 0 Å². The Hall–Kier alpha value is -2.57. The molecule has 1 aromatic rings. The van der Waals surface area contributed by atoms with Gasteiger partial charge in [-0.1, -0.05) is 18.2 Å². The summed E-state index contributed by atoms with van der Waals surface area (Å²) in [5.41, 5.74) is 0.733. The van der Waals surface area contributed by atoms with Gasteiger partial charge in [-0.2, -0.15) is 0 Å². The Kier molecular flexibility index (Phi) is 5.48. The third-order valence-electron chi connectivity index (χ3n) is 6.47. The lowest BCUT2D eigenvalue weighted by atomic mass is 9.53. The van der Waals surface area contributed by atoms with Crippen LogP contribution in [0.2, 0.25) is 0 Å². The van der Waals surface area contributed by atoms with Gasteiger partial charge in [-0.3, -0.25) is 10.1 Å². The highest BCUT2D eigenvalue weighted by Crippen LogP contribution is 2.55. The molecule has 4 fully saturated rings. The fourth-order valence-electron chi connectivity index (χ4n) is 5.74. The Morgan fingerprint density at radius 2 is 1.62 bits per heavy atom. The molecule has 0 heterocycles. The van der Waals surface area contributed by atoms with Crippen LogP contribution in [0.25, 0.3) is 0 Å². The van der Waals surface area contributed by atoms with Crippen molar-refractivity contribution in [2.24, 2.45) is 17.8 Å². The number of nitrogens with one attached hydrogen (secondary N) is 2. The fraction of sp³-hybridized carbons (Fsp3) is 0.591. The van der Waals surface area contributed by atoms with Gasteiger partial charge in [0.05, 0.1) is 0 Å². The standard InChI is InChI=1S/C22H28N2O5/c1-14-4-2-3-5-18(14)28-13-20(26)29-12-19(25)23-21(27)24-22-9-15-6-16(10-22)8-17(7-15)11-22/h2-5,15-17H,6-13H2,1H3,(H2,23,24,25,27). The molecule has 3 amide bonds. The lowest BCUT2D eigenvalue weighted by Gasteiger charge is -2.56. The maximum absolute atomic E-state index is 12.3. The fourth-order valence-corrected chi connectivity index (χ4v) is 5.74. The summed E-state index contributed by atoms with van der Waals surface area (Å²) in [6.07, 6.45) is 6.86. The first-order valence-electron chi connectivity index (χ1n) is 10.4. The zero-order valence-corrected chi connectivity index (χ0v) is 16.7. The van der Waals surface area contributed by atoms with Crippen molar-refractivity contribution in [3.05, 3.63) is 29.8 Å². The predicted octanol–water partition coefficient (Wildman–Crippen LogP) is 2.71.